The van der Waals surface area contributed by atoms with E-state index in [1.165, 1.54) is 6.07 Å². The number of carbonyl (C=O) groups is 1. The molecule has 0 radical (unpaired) electrons. The number of para-hydroxylation sites is 2. The number of carboxylic acid groups (broad SMARTS) is 1. The van der Waals surface area contributed by atoms with Crippen LogP contribution in [-0.2, 0) is 25.7 Å². The van der Waals surface area contributed by atoms with Crippen molar-refractivity contribution < 1.29 is 48.5 Å². The standard InChI is InChI=1S/C29H31N3O6.C29H33N3O4/c1-3-9-20-25(12-7-13-26(20)38-27-11-6-5-10-21(27)29(34)35)36-14-8-15-37-28-17-24(33)22(16-19(28)4-2)23-18-30-32-31-23;1-4-10-22-27(13-8-14-28(22)36-26-12-7-6-11-20(26)3)34-15-9-16-35-29-18-25(33)23(17-21(29)5-2)24-19-30-32-31-24/h5-7,10-13,16-18,33H,3-4,8-9,14-15H2,1-2H3,(H,34,35)(H,30,31,32);6-8,11-14,17-19,33H,4-5,9-10,15-16H2,1-3H3,(H,30,31,32). The number of aromatic hydroxyl groups is 2. The minimum Gasteiger partial charge on any atom is -0.507 e. The molecule has 0 spiro atoms. The van der Waals surface area contributed by atoms with Crippen molar-refractivity contribution >= 4 is 5.97 Å². The van der Waals surface area contributed by atoms with E-state index in [0.29, 0.717) is 91.2 Å². The fourth-order valence-corrected chi connectivity index (χ4v) is 8.15. The molecule has 8 aromatic rings. The van der Waals surface area contributed by atoms with Gasteiger partial charge in [-0.3, -0.25) is 0 Å². The van der Waals surface area contributed by atoms with E-state index >= 15 is 0 Å². The Hall–Kier alpha value is -8.53. The van der Waals surface area contributed by atoms with E-state index in [4.69, 9.17) is 28.4 Å². The first-order valence-corrected chi connectivity index (χ1v) is 25.0. The molecule has 0 aliphatic rings. The zero-order chi connectivity index (χ0) is 52.2. The maximum Gasteiger partial charge on any atom is 0.339 e. The molecule has 0 amide bonds. The highest BCUT2D eigenvalue weighted by Gasteiger charge is 2.18. The lowest BCUT2D eigenvalue weighted by Gasteiger charge is -2.17. The Bertz CT molecular complexity index is 3050. The van der Waals surface area contributed by atoms with E-state index in [-0.39, 0.29) is 22.8 Å². The number of aromatic carboxylic acids is 1. The molecule has 0 atom stereocenters. The van der Waals surface area contributed by atoms with Crippen LogP contribution in [-0.4, -0.2) is 78.5 Å². The first-order valence-electron chi connectivity index (χ1n) is 25.0. The van der Waals surface area contributed by atoms with Crippen molar-refractivity contribution in [1.29, 1.82) is 0 Å². The molecule has 16 heteroatoms. The third-order valence-electron chi connectivity index (χ3n) is 11.9. The predicted octanol–water partition coefficient (Wildman–Crippen LogP) is 12.7. The number of phenols is 2. The van der Waals surface area contributed by atoms with Crippen molar-refractivity contribution in [1.82, 2.24) is 30.8 Å². The van der Waals surface area contributed by atoms with Gasteiger partial charge in [-0.2, -0.15) is 30.8 Å². The van der Waals surface area contributed by atoms with Gasteiger partial charge in [-0.25, -0.2) is 4.79 Å². The van der Waals surface area contributed by atoms with Crippen LogP contribution in [0.5, 0.6) is 57.5 Å². The Kier molecular flexibility index (Phi) is 19.3. The van der Waals surface area contributed by atoms with Crippen LogP contribution >= 0.6 is 0 Å². The summed E-state index contributed by atoms with van der Waals surface area (Å²) in [6, 6.07) is 33.1. The molecule has 0 unspecified atom stereocenters. The number of benzene rings is 6. The van der Waals surface area contributed by atoms with Gasteiger partial charge in [0.15, 0.2) is 0 Å². The number of nitrogens with one attached hydrogen (secondary N) is 2. The van der Waals surface area contributed by atoms with Gasteiger partial charge in [0.1, 0.15) is 74.4 Å². The van der Waals surface area contributed by atoms with Gasteiger partial charge < -0.3 is 43.7 Å². The van der Waals surface area contributed by atoms with Crippen molar-refractivity contribution in [3.05, 3.63) is 155 Å². The van der Waals surface area contributed by atoms with Gasteiger partial charge in [-0.1, -0.05) is 83.0 Å². The Morgan fingerprint density at radius 2 is 0.932 bits per heavy atom. The number of hydrogen-bond acceptors (Lipinski definition) is 13. The number of carboxylic acids is 1. The second-order valence-corrected chi connectivity index (χ2v) is 17.2. The van der Waals surface area contributed by atoms with Gasteiger partial charge in [-0.15, -0.1) is 0 Å². The van der Waals surface area contributed by atoms with Crippen LogP contribution in [0, 0.1) is 6.92 Å². The van der Waals surface area contributed by atoms with Gasteiger partial charge in [0, 0.05) is 47.2 Å². The minimum atomic E-state index is -1.04. The number of rotatable bonds is 25. The summed E-state index contributed by atoms with van der Waals surface area (Å²) in [5, 5.41) is 51.3. The van der Waals surface area contributed by atoms with E-state index in [2.05, 4.69) is 51.6 Å². The summed E-state index contributed by atoms with van der Waals surface area (Å²) in [4.78, 5) is 11.6. The summed E-state index contributed by atoms with van der Waals surface area (Å²) in [5.41, 5.74) is 7.51. The van der Waals surface area contributed by atoms with Crippen LogP contribution in [0.2, 0.25) is 0 Å². The van der Waals surface area contributed by atoms with Crippen LogP contribution in [0.3, 0.4) is 0 Å². The summed E-state index contributed by atoms with van der Waals surface area (Å²) < 4.78 is 36.5. The molecule has 0 aliphatic heterocycles. The fourth-order valence-electron chi connectivity index (χ4n) is 8.15. The zero-order valence-electron chi connectivity index (χ0n) is 42.5. The maximum atomic E-state index is 11.6. The molecule has 6 aromatic carbocycles. The molecule has 2 aromatic heterocycles. The number of hydrogen-bond donors (Lipinski definition) is 5. The van der Waals surface area contributed by atoms with Crippen LogP contribution in [0.1, 0.15) is 91.6 Å². The van der Waals surface area contributed by atoms with Crippen molar-refractivity contribution in [2.75, 3.05) is 26.4 Å². The molecule has 0 saturated carbocycles. The average molecular weight is 1010 g/mol. The summed E-state index contributed by atoms with van der Waals surface area (Å²) in [5.74, 6) is 4.51. The van der Waals surface area contributed by atoms with Crippen LogP contribution in [0.15, 0.2) is 122 Å². The van der Waals surface area contributed by atoms with E-state index < -0.39 is 5.97 Å². The SMILES string of the molecule is CCCc1c(OCCCOc2cc(O)c(-c3cn[nH]n3)cc2CC)cccc1Oc1ccccc1C.CCCc1c(OCCCOc2cc(O)c(-c3cn[nH]n3)cc2CC)cccc1Oc1ccccc1C(=O)O. The first-order chi connectivity index (χ1) is 36.1. The van der Waals surface area contributed by atoms with Crippen LogP contribution < -0.4 is 28.4 Å². The third-order valence-corrected chi connectivity index (χ3v) is 11.9. The molecule has 0 fully saturated rings. The number of H-pyrrole nitrogens is 2. The van der Waals surface area contributed by atoms with E-state index in [1.807, 2.05) is 86.6 Å². The number of aryl methyl sites for hydroxylation is 3. The molecule has 74 heavy (non-hydrogen) atoms. The predicted molar refractivity (Wildman–Crippen MR) is 283 cm³/mol. The Morgan fingerprint density at radius 3 is 1.36 bits per heavy atom. The summed E-state index contributed by atoms with van der Waals surface area (Å²) in [7, 11) is 0. The smallest absolute Gasteiger partial charge is 0.339 e. The number of ether oxygens (including phenoxy) is 6. The van der Waals surface area contributed by atoms with Gasteiger partial charge >= 0.3 is 5.97 Å². The number of nitrogens with zero attached hydrogens (tertiary/aromatic N) is 4. The second-order valence-electron chi connectivity index (χ2n) is 17.2. The maximum absolute atomic E-state index is 11.6. The summed E-state index contributed by atoms with van der Waals surface area (Å²) >= 11 is 0. The third kappa shape index (κ3) is 13.9. The highest BCUT2D eigenvalue weighted by molar-refractivity contribution is 5.91. The van der Waals surface area contributed by atoms with Gasteiger partial charge in [0.25, 0.3) is 0 Å². The van der Waals surface area contributed by atoms with Gasteiger partial charge in [0.2, 0.25) is 0 Å². The number of aromatic nitrogens is 6. The normalized spacial score (nSPS) is 10.8. The average Bonchev–Trinajstić information content (AvgIpc) is 4.16. The quantitative estimate of drug-likeness (QED) is 0.0337. The van der Waals surface area contributed by atoms with E-state index in [9.17, 15) is 20.1 Å². The molecular formula is C58H64N6O10. The largest absolute Gasteiger partial charge is 0.507 e. The highest BCUT2D eigenvalue weighted by Crippen LogP contribution is 2.38. The number of aromatic amines is 2. The molecular weight excluding hydrogens is 941 g/mol. The molecule has 5 N–H and O–H groups in total. The zero-order valence-corrected chi connectivity index (χ0v) is 42.5. The van der Waals surface area contributed by atoms with Gasteiger partial charge in [0.05, 0.1) is 38.8 Å². The fraction of sp³-hybridized carbons (Fsp3) is 0.293. The van der Waals surface area contributed by atoms with Gasteiger partial charge in [-0.05, 0) is 104 Å². The molecule has 0 bridgehead atoms. The van der Waals surface area contributed by atoms with Crippen molar-refractivity contribution in [3.8, 4) is 80.0 Å². The Balaban J connectivity index is 0.000000217. The molecule has 0 aliphatic carbocycles. The monoisotopic (exact) mass is 1000 g/mol. The summed E-state index contributed by atoms with van der Waals surface area (Å²) in [6.07, 6.45) is 9.40. The van der Waals surface area contributed by atoms with Crippen molar-refractivity contribution in [3.63, 3.8) is 0 Å². The van der Waals surface area contributed by atoms with E-state index in [0.717, 1.165) is 77.2 Å². The number of phenolic OH excluding ortho intramolecular Hbond substituents is 2. The highest BCUT2D eigenvalue weighted by atomic mass is 16.5. The lowest BCUT2D eigenvalue weighted by molar-refractivity contribution is 0.0694. The van der Waals surface area contributed by atoms with Crippen molar-refractivity contribution in [2.45, 2.75) is 86.0 Å². The molecule has 0 saturated heterocycles. The molecule has 2 heterocycles. The molecule has 386 valence electrons. The van der Waals surface area contributed by atoms with Crippen LogP contribution in [0.4, 0.5) is 0 Å². The lowest BCUT2D eigenvalue weighted by atomic mass is 10.0. The second kappa shape index (κ2) is 26.8. The van der Waals surface area contributed by atoms with Crippen molar-refractivity contribution in [2.24, 2.45) is 0 Å². The Morgan fingerprint density at radius 1 is 0.514 bits per heavy atom. The Labute approximate surface area is 431 Å². The van der Waals surface area contributed by atoms with Crippen LogP contribution in [0.25, 0.3) is 22.5 Å². The summed E-state index contributed by atoms with van der Waals surface area (Å²) in [6.45, 7) is 12.1. The first kappa shape index (κ1) is 53.3. The minimum absolute atomic E-state index is 0.0767. The van der Waals surface area contributed by atoms with E-state index in [1.54, 1.807) is 42.7 Å². The lowest BCUT2D eigenvalue weighted by Crippen LogP contribution is -2.08. The topological polar surface area (TPSA) is 216 Å². The molecule has 16 nitrogen and oxygen atoms in total. The molecule has 8 rings (SSSR count).